The number of para-hydroxylation sites is 1. The van der Waals surface area contributed by atoms with Gasteiger partial charge in [0, 0.05) is 5.56 Å². The third kappa shape index (κ3) is 2.64. The second kappa shape index (κ2) is 6.07. The third-order valence-electron chi connectivity index (χ3n) is 5.41. The summed E-state index contributed by atoms with van der Waals surface area (Å²) in [5.74, 6) is -2.18. The van der Waals surface area contributed by atoms with E-state index in [1.807, 2.05) is 30.3 Å². The lowest BCUT2D eigenvalue weighted by Crippen LogP contribution is -2.52. The molecule has 4 rings (SSSR count). The van der Waals surface area contributed by atoms with Crippen LogP contribution in [-0.2, 0) is 9.63 Å². The van der Waals surface area contributed by atoms with Gasteiger partial charge in [-0.2, -0.15) is 18.2 Å². The number of fused-ring (bicyclic) bond motifs is 3. The Bertz CT molecular complexity index is 870. The van der Waals surface area contributed by atoms with E-state index in [-0.39, 0.29) is 5.75 Å². The Balaban J connectivity index is 1.86. The molecule has 2 aromatic carbocycles. The molecule has 7 heteroatoms. The van der Waals surface area contributed by atoms with Gasteiger partial charge in [0.15, 0.2) is 5.60 Å². The number of alkyl halides is 3. The van der Waals surface area contributed by atoms with Crippen molar-refractivity contribution in [3.63, 3.8) is 0 Å². The molecule has 4 atom stereocenters. The van der Waals surface area contributed by atoms with Crippen molar-refractivity contribution in [1.29, 1.82) is 0 Å². The van der Waals surface area contributed by atoms with E-state index >= 15 is 0 Å². The van der Waals surface area contributed by atoms with Crippen molar-refractivity contribution in [1.82, 2.24) is 5.06 Å². The molecule has 1 saturated heterocycles. The molecule has 4 nitrogen and oxygen atoms in total. The molecular weight excluding hydrogens is 359 g/mol. The average Bonchev–Trinajstić information content (AvgIpc) is 2.97. The summed E-state index contributed by atoms with van der Waals surface area (Å²) in [6, 6.07) is 14.3. The predicted octanol–water partition coefficient (Wildman–Crippen LogP) is 4.59. The highest BCUT2D eigenvalue weighted by Crippen LogP contribution is 2.58. The topological polar surface area (TPSA) is 38.8 Å². The molecular formula is C20H18F3NO3. The number of rotatable bonds is 2. The lowest BCUT2D eigenvalue weighted by molar-refractivity contribution is -0.327. The SMILES string of the molecule is C[C@@H](c1ccccc1)N1O[C@](C)(C(F)(F)F)[C@H]2C(=O)Oc3ccccc3[C@H]21. The van der Waals surface area contributed by atoms with Crippen molar-refractivity contribution in [3.05, 3.63) is 65.7 Å². The van der Waals surface area contributed by atoms with E-state index in [2.05, 4.69) is 0 Å². The van der Waals surface area contributed by atoms with Gasteiger partial charge in [0.05, 0.1) is 12.1 Å². The summed E-state index contributed by atoms with van der Waals surface area (Å²) in [6.07, 6.45) is -4.74. The lowest BCUT2D eigenvalue weighted by Gasteiger charge is -2.34. The van der Waals surface area contributed by atoms with Gasteiger partial charge in [-0.25, -0.2) is 0 Å². The zero-order valence-corrected chi connectivity index (χ0v) is 14.7. The van der Waals surface area contributed by atoms with Gasteiger partial charge in [-0.1, -0.05) is 48.5 Å². The smallest absolute Gasteiger partial charge is 0.420 e. The fraction of sp³-hybridized carbons (Fsp3) is 0.350. The highest BCUT2D eigenvalue weighted by atomic mass is 19.4. The van der Waals surface area contributed by atoms with Gasteiger partial charge in [0.1, 0.15) is 11.7 Å². The summed E-state index contributed by atoms with van der Waals surface area (Å²) >= 11 is 0. The van der Waals surface area contributed by atoms with E-state index in [9.17, 15) is 18.0 Å². The van der Waals surface area contributed by atoms with Crippen LogP contribution in [0.15, 0.2) is 54.6 Å². The van der Waals surface area contributed by atoms with Crippen LogP contribution in [0, 0.1) is 5.92 Å². The third-order valence-corrected chi connectivity index (χ3v) is 5.41. The normalized spacial score (nSPS) is 29.0. The number of benzene rings is 2. The zero-order valence-electron chi connectivity index (χ0n) is 14.7. The van der Waals surface area contributed by atoms with E-state index in [0.717, 1.165) is 12.5 Å². The Morgan fingerprint density at radius 3 is 2.37 bits per heavy atom. The van der Waals surface area contributed by atoms with Crippen LogP contribution >= 0.6 is 0 Å². The van der Waals surface area contributed by atoms with Crippen LogP contribution in [0.1, 0.15) is 37.1 Å². The summed E-state index contributed by atoms with van der Waals surface area (Å²) in [7, 11) is 0. The molecule has 0 bridgehead atoms. The quantitative estimate of drug-likeness (QED) is 0.567. The van der Waals surface area contributed by atoms with Gasteiger partial charge in [-0.15, -0.1) is 0 Å². The number of hydrogen-bond acceptors (Lipinski definition) is 4. The van der Waals surface area contributed by atoms with Crippen molar-refractivity contribution in [2.75, 3.05) is 0 Å². The molecule has 0 spiro atoms. The molecule has 0 aliphatic carbocycles. The Kier molecular flexibility index (Phi) is 4.05. The van der Waals surface area contributed by atoms with Crippen LogP contribution in [0.3, 0.4) is 0 Å². The van der Waals surface area contributed by atoms with Gasteiger partial charge < -0.3 is 4.74 Å². The van der Waals surface area contributed by atoms with Crippen LogP contribution in [0.2, 0.25) is 0 Å². The maximum atomic E-state index is 13.9. The second-order valence-corrected chi connectivity index (χ2v) is 7.02. The summed E-state index contributed by atoms with van der Waals surface area (Å²) in [4.78, 5) is 18.1. The standard InChI is InChI=1S/C20H18F3NO3/c1-12(13-8-4-3-5-9-13)24-17-14-10-6-7-11-15(14)26-18(25)16(17)19(2,27-24)20(21,22)23/h3-12,16-17H,1-2H3/t12-,16+,17+,19-/m0/s1. The summed E-state index contributed by atoms with van der Waals surface area (Å²) in [5.41, 5.74) is -1.37. The first-order chi connectivity index (χ1) is 12.7. The number of ether oxygens (including phenoxy) is 1. The Morgan fingerprint density at radius 2 is 1.70 bits per heavy atom. The van der Waals surface area contributed by atoms with Crippen LogP contribution in [0.4, 0.5) is 13.2 Å². The van der Waals surface area contributed by atoms with Crippen molar-refractivity contribution in [3.8, 4) is 5.75 Å². The van der Waals surface area contributed by atoms with E-state index < -0.39 is 35.7 Å². The fourth-order valence-electron chi connectivity index (χ4n) is 3.87. The van der Waals surface area contributed by atoms with Crippen molar-refractivity contribution < 1.29 is 27.5 Å². The van der Waals surface area contributed by atoms with E-state index in [1.165, 1.54) is 5.06 Å². The molecule has 142 valence electrons. The highest BCUT2D eigenvalue weighted by molar-refractivity contribution is 5.81. The molecule has 27 heavy (non-hydrogen) atoms. The van der Waals surface area contributed by atoms with Gasteiger partial charge in [-0.3, -0.25) is 9.63 Å². The summed E-state index contributed by atoms with van der Waals surface area (Å²) in [5, 5.41) is 1.30. The molecule has 2 aromatic rings. The first-order valence-corrected chi connectivity index (χ1v) is 8.64. The second-order valence-electron chi connectivity index (χ2n) is 7.02. The van der Waals surface area contributed by atoms with Gasteiger partial charge >= 0.3 is 12.1 Å². The number of carbonyl (C=O) groups is 1. The van der Waals surface area contributed by atoms with Crippen LogP contribution in [0.5, 0.6) is 5.75 Å². The minimum Gasteiger partial charge on any atom is -0.426 e. The minimum atomic E-state index is -4.74. The number of carbonyl (C=O) groups excluding carboxylic acids is 1. The molecule has 0 N–H and O–H groups in total. The number of hydrogen-bond donors (Lipinski definition) is 0. The molecule has 2 aliphatic rings. The van der Waals surface area contributed by atoms with E-state index in [4.69, 9.17) is 9.57 Å². The van der Waals surface area contributed by atoms with E-state index in [0.29, 0.717) is 5.56 Å². The number of hydroxylamine groups is 2. The van der Waals surface area contributed by atoms with Crippen LogP contribution in [0.25, 0.3) is 0 Å². The first-order valence-electron chi connectivity index (χ1n) is 8.64. The minimum absolute atomic E-state index is 0.268. The first kappa shape index (κ1) is 18.0. The predicted molar refractivity (Wildman–Crippen MR) is 90.5 cm³/mol. The summed E-state index contributed by atoms with van der Waals surface area (Å²) < 4.78 is 47.1. The highest BCUT2D eigenvalue weighted by Gasteiger charge is 2.70. The monoisotopic (exact) mass is 377 g/mol. The Labute approximate surface area is 154 Å². The molecule has 0 radical (unpaired) electrons. The molecule has 0 amide bonds. The van der Waals surface area contributed by atoms with Gasteiger partial charge in [0.25, 0.3) is 0 Å². The zero-order chi connectivity index (χ0) is 19.4. The molecule has 2 heterocycles. The Hall–Kier alpha value is -2.38. The maximum absolute atomic E-state index is 13.9. The largest absolute Gasteiger partial charge is 0.426 e. The number of esters is 1. The molecule has 0 aromatic heterocycles. The van der Waals surface area contributed by atoms with Crippen LogP contribution < -0.4 is 4.74 Å². The number of halogens is 3. The number of nitrogens with zero attached hydrogens (tertiary/aromatic N) is 1. The lowest BCUT2D eigenvalue weighted by atomic mass is 9.79. The average molecular weight is 377 g/mol. The fourth-order valence-corrected chi connectivity index (χ4v) is 3.87. The van der Waals surface area contributed by atoms with E-state index in [1.54, 1.807) is 31.2 Å². The van der Waals surface area contributed by atoms with Crippen molar-refractivity contribution in [2.24, 2.45) is 5.92 Å². The van der Waals surface area contributed by atoms with Gasteiger partial charge in [0.2, 0.25) is 0 Å². The summed E-state index contributed by atoms with van der Waals surface area (Å²) in [6.45, 7) is 2.68. The van der Waals surface area contributed by atoms with Crippen LogP contribution in [-0.4, -0.2) is 22.8 Å². The molecule has 0 unspecified atom stereocenters. The molecule has 1 fully saturated rings. The molecule has 0 saturated carbocycles. The van der Waals surface area contributed by atoms with Crippen molar-refractivity contribution in [2.45, 2.75) is 37.7 Å². The van der Waals surface area contributed by atoms with Gasteiger partial charge in [-0.05, 0) is 25.5 Å². The maximum Gasteiger partial charge on any atom is 0.420 e. The Morgan fingerprint density at radius 1 is 1.07 bits per heavy atom. The van der Waals surface area contributed by atoms with Crippen molar-refractivity contribution >= 4 is 5.97 Å². The molecule has 2 aliphatic heterocycles.